The highest BCUT2D eigenvalue weighted by molar-refractivity contribution is 5.91. The normalized spacial score (nSPS) is 12.3. The molecule has 0 amide bonds. The molecule has 3 aromatic rings. The van der Waals surface area contributed by atoms with E-state index in [9.17, 15) is 0 Å². The Labute approximate surface area is 169 Å². The maximum Gasteiger partial charge on any atom is 0.162 e. The van der Waals surface area contributed by atoms with E-state index < -0.39 is 0 Å². The Hall–Kier alpha value is -2.72. The van der Waals surface area contributed by atoms with Crippen molar-refractivity contribution < 1.29 is 0 Å². The third kappa shape index (κ3) is 5.64. The molecule has 0 aliphatic carbocycles. The lowest BCUT2D eigenvalue weighted by atomic mass is 10.1. The van der Waals surface area contributed by atoms with E-state index in [0.717, 1.165) is 40.4 Å². The largest absolute Gasteiger partial charge is 0.344 e. The number of hydrogen-bond acceptors (Lipinski definition) is 4. The summed E-state index contributed by atoms with van der Waals surface area (Å²) < 4.78 is 0. The number of rotatable bonds is 6. The highest BCUT2D eigenvalue weighted by atomic mass is 15.0. The summed E-state index contributed by atoms with van der Waals surface area (Å²) in [7, 11) is 0. The molecule has 0 fully saturated rings. The molecule has 0 aliphatic rings. The van der Waals surface area contributed by atoms with Crippen LogP contribution < -0.4 is 10.6 Å². The van der Waals surface area contributed by atoms with Crippen LogP contribution in [0, 0.1) is 6.92 Å². The molecule has 2 N–H and O–H groups in total. The lowest BCUT2D eigenvalue weighted by Gasteiger charge is -2.13. The molecule has 3 rings (SSSR count). The van der Waals surface area contributed by atoms with Gasteiger partial charge in [-0.2, -0.15) is 0 Å². The van der Waals surface area contributed by atoms with Gasteiger partial charge in [0, 0.05) is 22.7 Å². The van der Waals surface area contributed by atoms with Crippen LogP contribution in [0.4, 0.5) is 5.82 Å². The molecule has 1 atom stereocenters. The lowest BCUT2D eigenvalue weighted by Crippen LogP contribution is -2.24. The fourth-order valence-electron chi connectivity index (χ4n) is 2.99. The highest BCUT2D eigenvalue weighted by Gasteiger charge is 2.10. The zero-order chi connectivity index (χ0) is 20.5. The summed E-state index contributed by atoms with van der Waals surface area (Å²) in [6.07, 6.45) is 2.17. The molecule has 1 heterocycles. The summed E-state index contributed by atoms with van der Waals surface area (Å²) in [4.78, 5) is 9.56. The molecule has 0 radical (unpaired) electrons. The van der Waals surface area contributed by atoms with Gasteiger partial charge >= 0.3 is 0 Å². The van der Waals surface area contributed by atoms with Gasteiger partial charge in [0.1, 0.15) is 5.82 Å². The molecule has 0 aliphatic heterocycles. The van der Waals surface area contributed by atoms with Gasteiger partial charge in [-0.25, -0.2) is 9.97 Å². The van der Waals surface area contributed by atoms with Crippen molar-refractivity contribution >= 4 is 16.7 Å². The fourth-order valence-corrected chi connectivity index (χ4v) is 2.99. The summed E-state index contributed by atoms with van der Waals surface area (Å²) in [5.74, 6) is 1.57. The number of hydrogen-bond donors (Lipinski definition) is 2. The summed E-state index contributed by atoms with van der Waals surface area (Å²) >= 11 is 0. The SMILES string of the molecule is CC.CCNC(C)/C=C(\C)Nc1nc(-c2ccc(C)cc2)nc2ccccc12. The monoisotopic (exact) mass is 376 g/mol. The third-order valence-electron chi connectivity index (χ3n) is 4.25. The van der Waals surface area contributed by atoms with E-state index in [2.05, 4.69) is 74.7 Å². The molecule has 0 bridgehead atoms. The number of aryl methyl sites for hydroxylation is 1. The van der Waals surface area contributed by atoms with Crippen LogP contribution in [0.2, 0.25) is 0 Å². The van der Waals surface area contributed by atoms with Gasteiger partial charge in [0.2, 0.25) is 0 Å². The number of nitrogens with one attached hydrogen (secondary N) is 2. The standard InChI is InChI=1S/C22H26N4.C2H6/c1-5-23-16(3)14-17(4)24-22-19-8-6-7-9-20(19)25-21(26-22)18-12-10-15(2)11-13-18;1-2/h6-14,16,23H,5H2,1-4H3,(H,24,25,26);1-2H3/b17-14+;. The highest BCUT2D eigenvalue weighted by Crippen LogP contribution is 2.26. The smallest absolute Gasteiger partial charge is 0.162 e. The van der Waals surface area contributed by atoms with Crippen LogP contribution >= 0.6 is 0 Å². The van der Waals surface area contributed by atoms with Crippen LogP contribution in [-0.4, -0.2) is 22.6 Å². The van der Waals surface area contributed by atoms with E-state index in [-0.39, 0.29) is 0 Å². The van der Waals surface area contributed by atoms with E-state index in [1.165, 1.54) is 5.56 Å². The molecule has 0 spiro atoms. The molecule has 0 saturated heterocycles. The van der Waals surface area contributed by atoms with Crippen molar-refractivity contribution in [2.24, 2.45) is 0 Å². The molecule has 28 heavy (non-hydrogen) atoms. The van der Waals surface area contributed by atoms with Crippen LogP contribution in [0.3, 0.4) is 0 Å². The van der Waals surface area contributed by atoms with Crippen molar-refractivity contribution in [2.75, 3.05) is 11.9 Å². The van der Waals surface area contributed by atoms with Crippen LogP contribution in [0.25, 0.3) is 22.3 Å². The van der Waals surface area contributed by atoms with Gasteiger partial charge in [0.25, 0.3) is 0 Å². The number of anilines is 1. The van der Waals surface area contributed by atoms with Crippen molar-refractivity contribution in [3.05, 3.63) is 65.9 Å². The first-order valence-electron chi connectivity index (χ1n) is 10.1. The van der Waals surface area contributed by atoms with Crippen LogP contribution in [0.1, 0.15) is 40.2 Å². The minimum absolute atomic E-state index is 0.303. The molecular weight excluding hydrogens is 344 g/mol. The summed E-state index contributed by atoms with van der Waals surface area (Å²) in [5.41, 5.74) is 4.25. The fraction of sp³-hybridized carbons (Fsp3) is 0.333. The minimum atomic E-state index is 0.303. The number of allylic oxidation sites excluding steroid dienone is 1. The number of para-hydroxylation sites is 1. The van der Waals surface area contributed by atoms with Crippen molar-refractivity contribution in [3.8, 4) is 11.4 Å². The second-order valence-corrected chi connectivity index (χ2v) is 6.60. The Balaban J connectivity index is 0.00000136. The average Bonchev–Trinajstić information content (AvgIpc) is 2.70. The number of likely N-dealkylation sites (N-methyl/N-ethyl adjacent to an activating group) is 1. The summed E-state index contributed by atoms with van der Waals surface area (Å²) in [5, 5.41) is 7.88. The average molecular weight is 377 g/mol. The van der Waals surface area contributed by atoms with Gasteiger partial charge in [0.15, 0.2) is 5.82 Å². The van der Waals surface area contributed by atoms with Gasteiger partial charge in [0.05, 0.1) is 5.52 Å². The quantitative estimate of drug-likeness (QED) is 0.558. The second-order valence-electron chi connectivity index (χ2n) is 6.60. The Morgan fingerprint density at radius 3 is 2.39 bits per heavy atom. The van der Waals surface area contributed by atoms with Gasteiger partial charge in [-0.05, 0) is 45.5 Å². The summed E-state index contributed by atoms with van der Waals surface area (Å²) in [6, 6.07) is 16.7. The van der Waals surface area contributed by atoms with E-state index in [0.29, 0.717) is 6.04 Å². The summed E-state index contributed by atoms with van der Waals surface area (Å²) in [6.45, 7) is 13.3. The topological polar surface area (TPSA) is 49.8 Å². The Morgan fingerprint density at radius 1 is 1.04 bits per heavy atom. The molecular formula is C24H32N4. The zero-order valence-electron chi connectivity index (χ0n) is 17.9. The van der Waals surface area contributed by atoms with E-state index in [1.807, 2.05) is 32.0 Å². The maximum absolute atomic E-state index is 4.81. The zero-order valence-corrected chi connectivity index (χ0v) is 17.9. The van der Waals surface area contributed by atoms with Crippen molar-refractivity contribution in [2.45, 2.75) is 47.6 Å². The van der Waals surface area contributed by atoms with Gasteiger partial charge in [-0.3, -0.25) is 0 Å². The van der Waals surface area contributed by atoms with Gasteiger partial charge < -0.3 is 10.6 Å². The molecule has 2 aromatic carbocycles. The first-order chi connectivity index (χ1) is 13.6. The van der Waals surface area contributed by atoms with Crippen LogP contribution in [0.5, 0.6) is 0 Å². The number of benzene rings is 2. The van der Waals surface area contributed by atoms with E-state index in [1.54, 1.807) is 0 Å². The van der Waals surface area contributed by atoms with Gasteiger partial charge in [-0.1, -0.05) is 62.7 Å². The van der Waals surface area contributed by atoms with E-state index in [4.69, 9.17) is 9.97 Å². The Kier molecular flexibility index (Phi) is 8.15. The predicted octanol–water partition coefficient (Wildman–Crippen LogP) is 5.95. The number of aromatic nitrogens is 2. The van der Waals surface area contributed by atoms with Crippen molar-refractivity contribution in [1.82, 2.24) is 15.3 Å². The lowest BCUT2D eigenvalue weighted by molar-refractivity contribution is 0.658. The van der Waals surface area contributed by atoms with Crippen molar-refractivity contribution in [3.63, 3.8) is 0 Å². The number of nitrogens with zero attached hydrogens (tertiary/aromatic N) is 2. The van der Waals surface area contributed by atoms with Crippen LogP contribution in [0.15, 0.2) is 60.3 Å². The third-order valence-corrected chi connectivity index (χ3v) is 4.25. The van der Waals surface area contributed by atoms with Crippen molar-refractivity contribution in [1.29, 1.82) is 0 Å². The first kappa shape index (κ1) is 21.6. The molecule has 1 unspecified atom stereocenters. The van der Waals surface area contributed by atoms with Gasteiger partial charge in [-0.15, -0.1) is 0 Å². The predicted molar refractivity (Wildman–Crippen MR) is 122 cm³/mol. The molecule has 4 nitrogen and oxygen atoms in total. The van der Waals surface area contributed by atoms with Crippen LogP contribution in [-0.2, 0) is 0 Å². The minimum Gasteiger partial charge on any atom is -0.344 e. The molecule has 148 valence electrons. The number of fused-ring (bicyclic) bond motifs is 1. The second kappa shape index (κ2) is 10.6. The molecule has 1 aromatic heterocycles. The van der Waals surface area contributed by atoms with E-state index >= 15 is 0 Å². The Morgan fingerprint density at radius 2 is 1.71 bits per heavy atom. The molecule has 4 heteroatoms. The first-order valence-corrected chi connectivity index (χ1v) is 10.1. The Bertz CT molecular complexity index is 914. The maximum atomic E-state index is 4.81. The molecule has 0 saturated carbocycles.